The number of hydrogen-bond donors (Lipinski definition) is 0. The summed E-state index contributed by atoms with van der Waals surface area (Å²) >= 11 is 0. The van der Waals surface area contributed by atoms with Crippen molar-refractivity contribution in [2.45, 2.75) is 71.6 Å². The summed E-state index contributed by atoms with van der Waals surface area (Å²) in [7, 11) is 0. The highest BCUT2D eigenvalue weighted by molar-refractivity contribution is 5.83. The van der Waals surface area contributed by atoms with Gasteiger partial charge in [0.1, 0.15) is 5.78 Å². The predicted octanol–water partition coefficient (Wildman–Crippen LogP) is 5.77. The molecule has 124 valence electrons. The largest absolute Gasteiger partial charge is 0.299 e. The minimum Gasteiger partial charge on any atom is -0.299 e. The van der Waals surface area contributed by atoms with Crippen LogP contribution in [0.5, 0.6) is 0 Å². The second-order valence-electron chi connectivity index (χ2n) is 8.92. The third kappa shape index (κ3) is 2.08. The summed E-state index contributed by atoms with van der Waals surface area (Å²) in [5.41, 5.74) is 5.58. The van der Waals surface area contributed by atoms with Crippen LogP contribution in [0.25, 0.3) is 0 Å². The van der Waals surface area contributed by atoms with Crippen LogP contribution in [0, 0.1) is 22.7 Å². The molecule has 0 amide bonds. The number of rotatable bonds is 2. The fourth-order valence-electron chi connectivity index (χ4n) is 6.41. The number of ketones is 1. The molecule has 0 bridgehead atoms. The van der Waals surface area contributed by atoms with E-state index in [0.717, 1.165) is 37.5 Å². The van der Waals surface area contributed by atoms with Crippen LogP contribution in [0.4, 0.5) is 0 Å². The Kier molecular flexibility index (Phi) is 3.48. The molecule has 4 aliphatic rings. The molecule has 1 fully saturated rings. The monoisotopic (exact) mass is 310 g/mol. The molecule has 0 radical (unpaired) electrons. The molecule has 4 aliphatic carbocycles. The van der Waals surface area contributed by atoms with Crippen molar-refractivity contribution in [2.75, 3.05) is 0 Å². The van der Waals surface area contributed by atoms with Gasteiger partial charge in [-0.15, -0.1) is 6.58 Å². The number of hydrogen-bond acceptors (Lipinski definition) is 1. The third-order valence-electron chi connectivity index (χ3n) is 8.03. The van der Waals surface area contributed by atoms with Gasteiger partial charge >= 0.3 is 0 Å². The summed E-state index contributed by atoms with van der Waals surface area (Å²) in [6.07, 6.45) is 14.8. The van der Waals surface area contributed by atoms with E-state index in [1.807, 2.05) is 0 Å². The molecule has 1 heteroatoms. The lowest BCUT2D eigenvalue weighted by molar-refractivity contribution is -0.118. The quantitative estimate of drug-likeness (QED) is 0.591. The Balaban J connectivity index is 1.71. The topological polar surface area (TPSA) is 17.1 Å². The standard InChI is InChI=1S/C22H30O/c1-4-11-21(2)12-10-20-19-7-5-15-14-16(23)6-8-17(15)18(19)9-13-22(20,21)3/h4,9,19-20H,1,5-8,10-14H2,2-3H3/t19-,20+,21-,22+/m1/s1. The maximum absolute atomic E-state index is 11.8. The van der Waals surface area contributed by atoms with E-state index in [9.17, 15) is 4.79 Å². The second-order valence-corrected chi connectivity index (χ2v) is 8.92. The Bertz CT molecular complexity index is 622. The average Bonchev–Trinajstić information content (AvgIpc) is 2.79. The number of carbonyl (C=O) groups excluding carboxylic acids is 1. The van der Waals surface area contributed by atoms with Gasteiger partial charge in [0.15, 0.2) is 0 Å². The van der Waals surface area contributed by atoms with Gasteiger partial charge in [0.2, 0.25) is 0 Å². The SMILES string of the molecule is C=CC[C@]1(C)CC[C@H]2[C@@H]3CCC4=C(CCC(=O)C4)C3=CC[C@@]21C. The maximum atomic E-state index is 11.8. The molecule has 1 saturated carbocycles. The smallest absolute Gasteiger partial charge is 0.137 e. The molecule has 0 aromatic carbocycles. The van der Waals surface area contributed by atoms with Crippen molar-refractivity contribution in [1.29, 1.82) is 0 Å². The van der Waals surface area contributed by atoms with E-state index in [-0.39, 0.29) is 0 Å². The van der Waals surface area contributed by atoms with E-state index in [2.05, 4.69) is 32.6 Å². The lowest BCUT2D eigenvalue weighted by atomic mass is 9.53. The lowest BCUT2D eigenvalue weighted by Crippen LogP contribution is -2.43. The molecular formula is C22H30O. The molecule has 0 aliphatic heterocycles. The normalized spacial score (nSPS) is 42.7. The van der Waals surface area contributed by atoms with Crippen LogP contribution in [-0.2, 0) is 4.79 Å². The Labute approximate surface area is 140 Å². The minimum absolute atomic E-state index is 0.415. The highest BCUT2D eigenvalue weighted by Gasteiger charge is 2.57. The number of Topliss-reactive ketones (excluding diaryl/α,β-unsaturated/α-hetero) is 1. The van der Waals surface area contributed by atoms with E-state index in [0.29, 0.717) is 16.6 Å². The number of allylic oxidation sites excluding steroid dienone is 5. The van der Waals surface area contributed by atoms with Gasteiger partial charge in [-0.05, 0) is 78.8 Å². The van der Waals surface area contributed by atoms with Gasteiger partial charge in [-0.25, -0.2) is 0 Å². The lowest BCUT2D eigenvalue weighted by Gasteiger charge is -2.51. The predicted molar refractivity (Wildman–Crippen MR) is 95.1 cm³/mol. The van der Waals surface area contributed by atoms with E-state index >= 15 is 0 Å². The Morgan fingerprint density at radius 3 is 2.87 bits per heavy atom. The summed E-state index contributed by atoms with van der Waals surface area (Å²) in [6, 6.07) is 0. The van der Waals surface area contributed by atoms with E-state index in [4.69, 9.17) is 0 Å². The van der Waals surface area contributed by atoms with E-state index in [1.165, 1.54) is 37.7 Å². The van der Waals surface area contributed by atoms with Crippen molar-refractivity contribution in [3.63, 3.8) is 0 Å². The van der Waals surface area contributed by atoms with Crippen molar-refractivity contribution in [1.82, 2.24) is 0 Å². The van der Waals surface area contributed by atoms with Crippen molar-refractivity contribution < 1.29 is 4.79 Å². The summed E-state index contributed by atoms with van der Waals surface area (Å²) < 4.78 is 0. The highest BCUT2D eigenvalue weighted by Crippen LogP contribution is 2.66. The van der Waals surface area contributed by atoms with Crippen molar-refractivity contribution in [3.8, 4) is 0 Å². The molecule has 0 aromatic heterocycles. The van der Waals surface area contributed by atoms with Gasteiger partial charge < -0.3 is 0 Å². The molecule has 0 heterocycles. The van der Waals surface area contributed by atoms with Gasteiger partial charge in [-0.2, -0.15) is 0 Å². The second kappa shape index (κ2) is 5.19. The van der Waals surface area contributed by atoms with Crippen LogP contribution in [0.2, 0.25) is 0 Å². The van der Waals surface area contributed by atoms with Gasteiger partial charge in [0.05, 0.1) is 0 Å². The van der Waals surface area contributed by atoms with Crippen LogP contribution in [-0.4, -0.2) is 5.78 Å². The summed E-state index contributed by atoms with van der Waals surface area (Å²) in [5.74, 6) is 2.05. The van der Waals surface area contributed by atoms with Gasteiger partial charge in [0, 0.05) is 12.8 Å². The molecule has 4 rings (SSSR count). The number of carbonyl (C=O) groups is 1. The molecule has 0 unspecified atom stereocenters. The fourth-order valence-corrected chi connectivity index (χ4v) is 6.41. The molecule has 0 aromatic rings. The minimum atomic E-state index is 0.415. The van der Waals surface area contributed by atoms with Crippen LogP contribution >= 0.6 is 0 Å². The first-order valence-electron chi connectivity index (χ1n) is 9.52. The van der Waals surface area contributed by atoms with Crippen LogP contribution in [0.3, 0.4) is 0 Å². The van der Waals surface area contributed by atoms with Gasteiger partial charge in [0.25, 0.3) is 0 Å². The van der Waals surface area contributed by atoms with Crippen molar-refractivity contribution in [3.05, 3.63) is 35.5 Å². The highest BCUT2D eigenvalue weighted by atomic mass is 16.1. The molecular weight excluding hydrogens is 280 g/mol. The van der Waals surface area contributed by atoms with E-state index in [1.54, 1.807) is 11.1 Å². The van der Waals surface area contributed by atoms with Gasteiger partial charge in [-0.1, -0.05) is 31.6 Å². The molecule has 0 N–H and O–H groups in total. The van der Waals surface area contributed by atoms with E-state index < -0.39 is 0 Å². The van der Waals surface area contributed by atoms with Crippen LogP contribution < -0.4 is 0 Å². The fraction of sp³-hybridized carbons (Fsp3) is 0.682. The summed E-state index contributed by atoms with van der Waals surface area (Å²) in [4.78, 5) is 11.8. The molecule has 0 spiro atoms. The Morgan fingerprint density at radius 1 is 1.26 bits per heavy atom. The average molecular weight is 310 g/mol. The van der Waals surface area contributed by atoms with Gasteiger partial charge in [-0.3, -0.25) is 4.79 Å². The van der Waals surface area contributed by atoms with Crippen molar-refractivity contribution in [2.24, 2.45) is 22.7 Å². The zero-order valence-corrected chi connectivity index (χ0v) is 14.8. The first-order valence-corrected chi connectivity index (χ1v) is 9.52. The Hall–Kier alpha value is -1.11. The first-order chi connectivity index (χ1) is 11.0. The third-order valence-corrected chi connectivity index (χ3v) is 8.03. The maximum Gasteiger partial charge on any atom is 0.137 e. The molecule has 23 heavy (non-hydrogen) atoms. The molecule has 0 saturated heterocycles. The molecule has 1 nitrogen and oxygen atoms in total. The zero-order valence-electron chi connectivity index (χ0n) is 14.8. The summed E-state index contributed by atoms with van der Waals surface area (Å²) in [6.45, 7) is 9.08. The van der Waals surface area contributed by atoms with Crippen LogP contribution in [0.15, 0.2) is 35.5 Å². The van der Waals surface area contributed by atoms with Crippen LogP contribution in [0.1, 0.15) is 71.6 Å². The molecule has 4 atom stereocenters. The summed E-state index contributed by atoms with van der Waals surface area (Å²) in [5, 5.41) is 0. The first kappa shape index (κ1) is 15.4. The van der Waals surface area contributed by atoms with Crippen molar-refractivity contribution >= 4 is 5.78 Å². The number of fused-ring (bicyclic) bond motifs is 4. The Morgan fingerprint density at radius 2 is 2.09 bits per heavy atom. The zero-order chi connectivity index (χ0) is 16.2.